The molecule has 0 spiro atoms. The Kier molecular flexibility index (Phi) is 5.40. The van der Waals surface area contributed by atoms with Gasteiger partial charge in [0.2, 0.25) is 0 Å². The highest BCUT2D eigenvalue weighted by atomic mass is 35.5. The zero-order valence-electron chi connectivity index (χ0n) is 12.4. The highest BCUT2D eigenvalue weighted by molar-refractivity contribution is 6.17. The summed E-state index contributed by atoms with van der Waals surface area (Å²) in [5.41, 5.74) is 2.79. The Hall–Kier alpha value is -1.80. The minimum atomic E-state index is 0.0424. The summed E-state index contributed by atoms with van der Waals surface area (Å²) in [6.07, 6.45) is 0. The first-order valence-electron chi connectivity index (χ1n) is 7.11. The maximum atomic E-state index is 12.7. The molecule has 0 radical (unpaired) electrons. The van der Waals surface area contributed by atoms with Gasteiger partial charge in [-0.05, 0) is 37.1 Å². The summed E-state index contributed by atoms with van der Waals surface area (Å²) in [5, 5.41) is 0. The average Bonchev–Trinajstić information content (AvgIpc) is 2.52. The molecule has 0 aliphatic heterocycles. The van der Waals surface area contributed by atoms with E-state index in [1.807, 2.05) is 73.3 Å². The van der Waals surface area contributed by atoms with Crippen LogP contribution in [0.2, 0.25) is 0 Å². The van der Waals surface area contributed by atoms with E-state index < -0.39 is 0 Å². The molecule has 21 heavy (non-hydrogen) atoms. The molecule has 0 aliphatic rings. The van der Waals surface area contributed by atoms with Crippen molar-refractivity contribution in [3.05, 3.63) is 71.3 Å². The monoisotopic (exact) mass is 301 g/mol. The molecule has 0 aliphatic carbocycles. The molecule has 0 aromatic heterocycles. The summed E-state index contributed by atoms with van der Waals surface area (Å²) in [7, 11) is 0. The van der Waals surface area contributed by atoms with E-state index >= 15 is 0 Å². The van der Waals surface area contributed by atoms with E-state index in [1.165, 1.54) is 0 Å². The lowest BCUT2D eigenvalue weighted by Crippen LogP contribution is -2.36. The predicted molar refractivity (Wildman–Crippen MR) is 87.5 cm³/mol. The molecule has 0 heterocycles. The number of carbonyl (C=O) groups is 1. The molecule has 0 saturated heterocycles. The summed E-state index contributed by atoms with van der Waals surface area (Å²) in [4.78, 5) is 14.6. The van der Waals surface area contributed by atoms with E-state index in [9.17, 15) is 4.79 Å². The Morgan fingerprint density at radius 1 is 1.05 bits per heavy atom. The molecule has 1 amide bonds. The predicted octanol–water partition coefficient (Wildman–Crippen LogP) is 4.48. The minimum absolute atomic E-state index is 0.0424. The number of carbonyl (C=O) groups excluding carboxylic acids is 1. The van der Waals surface area contributed by atoms with Gasteiger partial charge in [-0.25, -0.2) is 0 Å². The second-order valence-corrected chi connectivity index (χ2v) is 5.61. The molecule has 2 aromatic rings. The van der Waals surface area contributed by atoms with Crippen molar-refractivity contribution >= 4 is 17.5 Å². The molecule has 0 saturated carbocycles. The SMILES string of the molecule is CC(C)N(Cc1ccccc1)C(=O)c1cccc(CCl)c1. The summed E-state index contributed by atoms with van der Waals surface area (Å²) >= 11 is 5.85. The van der Waals surface area contributed by atoms with Crippen molar-refractivity contribution in [3.63, 3.8) is 0 Å². The maximum absolute atomic E-state index is 12.7. The molecular formula is C18H20ClNO. The zero-order valence-corrected chi connectivity index (χ0v) is 13.2. The van der Waals surface area contributed by atoms with Crippen molar-refractivity contribution in [1.82, 2.24) is 4.90 Å². The molecule has 2 aromatic carbocycles. The first-order valence-corrected chi connectivity index (χ1v) is 7.65. The Bertz CT molecular complexity index is 595. The van der Waals surface area contributed by atoms with E-state index in [2.05, 4.69) is 0 Å². The largest absolute Gasteiger partial charge is 0.332 e. The summed E-state index contributed by atoms with van der Waals surface area (Å²) in [6.45, 7) is 4.68. The average molecular weight is 302 g/mol. The van der Waals surface area contributed by atoms with Crippen LogP contribution in [-0.4, -0.2) is 16.8 Å². The van der Waals surface area contributed by atoms with Crippen LogP contribution in [0.3, 0.4) is 0 Å². The van der Waals surface area contributed by atoms with Crippen LogP contribution in [0.25, 0.3) is 0 Å². The Labute approximate surface area is 131 Å². The van der Waals surface area contributed by atoms with E-state index in [-0.39, 0.29) is 11.9 Å². The molecule has 0 bridgehead atoms. The highest BCUT2D eigenvalue weighted by Crippen LogP contribution is 2.15. The van der Waals surface area contributed by atoms with Crippen LogP contribution in [0, 0.1) is 0 Å². The molecule has 110 valence electrons. The van der Waals surface area contributed by atoms with Crippen molar-refractivity contribution < 1.29 is 4.79 Å². The first-order chi connectivity index (χ1) is 10.1. The van der Waals surface area contributed by atoms with Crippen molar-refractivity contribution in [2.24, 2.45) is 0 Å². The molecule has 2 rings (SSSR count). The van der Waals surface area contributed by atoms with Crippen LogP contribution in [0.5, 0.6) is 0 Å². The molecular weight excluding hydrogens is 282 g/mol. The number of amides is 1. The molecule has 0 N–H and O–H groups in total. The van der Waals surface area contributed by atoms with E-state index in [1.54, 1.807) is 0 Å². The normalized spacial score (nSPS) is 10.7. The van der Waals surface area contributed by atoms with Gasteiger partial charge in [0.05, 0.1) is 0 Å². The second-order valence-electron chi connectivity index (χ2n) is 5.35. The van der Waals surface area contributed by atoms with Gasteiger partial charge in [-0.3, -0.25) is 4.79 Å². The van der Waals surface area contributed by atoms with E-state index in [0.717, 1.165) is 11.1 Å². The van der Waals surface area contributed by atoms with Gasteiger partial charge in [-0.15, -0.1) is 11.6 Å². The van der Waals surface area contributed by atoms with E-state index in [4.69, 9.17) is 11.6 Å². The fourth-order valence-corrected chi connectivity index (χ4v) is 2.39. The number of hydrogen-bond acceptors (Lipinski definition) is 1. The molecule has 2 nitrogen and oxygen atoms in total. The number of nitrogens with zero attached hydrogens (tertiary/aromatic N) is 1. The number of benzene rings is 2. The summed E-state index contributed by atoms with van der Waals surface area (Å²) in [5.74, 6) is 0.461. The number of hydrogen-bond donors (Lipinski definition) is 0. The lowest BCUT2D eigenvalue weighted by atomic mass is 10.1. The Balaban J connectivity index is 2.23. The summed E-state index contributed by atoms with van der Waals surface area (Å²) < 4.78 is 0. The van der Waals surface area contributed by atoms with Gasteiger partial charge in [0.15, 0.2) is 0 Å². The van der Waals surface area contributed by atoms with Gasteiger partial charge in [0.25, 0.3) is 5.91 Å². The van der Waals surface area contributed by atoms with Crippen molar-refractivity contribution in [2.75, 3.05) is 0 Å². The van der Waals surface area contributed by atoms with Gasteiger partial charge in [-0.2, -0.15) is 0 Å². The fraction of sp³-hybridized carbons (Fsp3) is 0.278. The van der Waals surface area contributed by atoms with Crippen molar-refractivity contribution in [2.45, 2.75) is 32.3 Å². The molecule has 0 fully saturated rings. The zero-order chi connectivity index (χ0) is 15.2. The van der Waals surface area contributed by atoms with Crippen LogP contribution < -0.4 is 0 Å². The van der Waals surface area contributed by atoms with Gasteiger partial charge in [0.1, 0.15) is 0 Å². The third kappa shape index (κ3) is 4.08. The van der Waals surface area contributed by atoms with Crippen LogP contribution in [-0.2, 0) is 12.4 Å². The lowest BCUT2D eigenvalue weighted by molar-refractivity contribution is 0.0690. The second kappa shape index (κ2) is 7.28. The Morgan fingerprint density at radius 2 is 1.71 bits per heavy atom. The van der Waals surface area contributed by atoms with Crippen molar-refractivity contribution in [1.29, 1.82) is 0 Å². The quantitative estimate of drug-likeness (QED) is 0.746. The van der Waals surface area contributed by atoms with E-state index in [0.29, 0.717) is 18.0 Å². The molecule has 3 heteroatoms. The number of alkyl halides is 1. The van der Waals surface area contributed by atoms with Crippen LogP contribution in [0.4, 0.5) is 0 Å². The third-order valence-electron chi connectivity index (χ3n) is 3.41. The third-order valence-corrected chi connectivity index (χ3v) is 3.72. The number of rotatable bonds is 5. The van der Waals surface area contributed by atoms with Crippen LogP contribution in [0.15, 0.2) is 54.6 Å². The lowest BCUT2D eigenvalue weighted by Gasteiger charge is -2.27. The first kappa shape index (κ1) is 15.6. The fourth-order valence-electron chi connectivity index (χ4n) is 2.22. The molecule has 0 unspecified atom stereocenters. The van der Waals surface area contributed by atoms with Gasteiger partial charge in [0, 0.05) is 24.0 Å². The smallest absolute Gasteiger partial charge is 0.254 e. The molecule has 0 atom stereocenters. The maximum Gasteiger partial charge on any atom is 0.254 e. The summed E-state index contributed by atoms with van der Waals surface area (Å²) in [6, 6.07) is 17.7. The standard InChI is InChI=1S/C18H20ClNO/c1-14(2)20(13-15-7-4-3-5-8-15)18(21)17-10-6-9-16(11-17)12-19/h3-11,14H,12-13H2,1-2H3. The van der Waals surface area contributed by atoms with Gasteiger partial charge >= 0.3 is 0 Å². The van der Waals surface area contributed by atoms with Crippen LogP contribution in [0.1, 0.15) is 35.3 Å². The van der Waals surface area contributed by atoms with Crippen LogP contribution >= 0.6 is 11.6 Å². The minimum Gasteiger partial charge on any atom is -0.332 e. The topological polar surface area (TPSA) is 20.3 Å². The number of halogens is 1. The van der Waals surface area contributed by atoms with Crippen molar-refractivity contribution in [3.8, 4) is 0 Å². The van der Waals surface area contributed by atoms with Gasteiger partial charge < -0.3 is 4.90 Å². The highest BCUT2D eigenvalue weighted by Gasteiger charge is 2.19. The Morgan fingerprint density at radius 3 is 2.33 bits per heavy atom. The van der Waals surface area contributed by atoms with Gasteiger partial charge in [-0.1, -0.05) is 42.5 Å².